The van der Waals surface area contributed by atoms with Crippen molar-refractivity contribution >= 4 is 5.78 Å². The molecule has 1 aliphatic heterocycles. The average Bonchev–Trinajstić information content (AvgIpc) is 2.39. The summed E-state index contributed by atoms with van der Waals surface area (Å²) in [6.07, 6.45) is 6.24. The SMILES string of the molecule is O=C1C=C2OC(c3ccccc3)CCC2=CC1. The quantitative estimate of drug-likeness (QED) is 0.734. The lowest BCUT2D eigenvalue weighted by molar-refractivity contribution is -0.114. The second-order valence-corrected chi connectivity index (χ2v) is 4.46. The van der Waals surface area contributed by atoms with E-state index in [0.717, 1.165) is 18.6 Å². The Bertz CT molecular complexity index is 497. The Labute approximate surface area is 101 Å². The van der Waals surface area contributed by atoms with Crippen LogP contribution in [0.25, 0.3) is 0 Å². The Morgan fingerprint density at radius 1 is 1.18 bits per heavy atom. The monoisotopic (exact) mass is 226 g/mol. The number of fused-ring (bicyclic) bond motifs is 1. The van der Waals surface area contributed by atoms with Gasteiger partial charge in [-0.2, -0.15) is 0 Å². The molecule has 0 radical (unpaired) electrons. The van der Waals surface area contributed by atoms with Gasteiger partial charge in [-0.15, -0.1) is 0 Å². The third kappa shape index (κ3) is 2.03. The number of hydrogen-bond donors (Lipinski definition) is 0. The molecule has 1 aliphatic carbocycles. The summed E-state index contributed by atoms with van der Waals surface area (Å²) in [6.45, 7) is 0. The van der Waals surface area contributed by atoms with Crippen LogP contribution in [0, 0.1) is 0 Å². The van der Waals surface area contributed by atoms with Crippen LogP contribution in [-0.4, -0.2) is 5.78 Å². The number of allylic oxidation sites excluding steroid dienone is 3. The molecule has 1 aromatic carbocycles. The van der Waals surface area contributed by atoms with E-state index < -0.39 is 0 Å². The van der Waals surface area contributed by atoms with Crippen LogP contribution in [0.2, 0.25) is 0 Å². The van der Waals surface area contributed by atoms with Crippen molar-refractivity contribution in [2.75, 3.05) is 0 Å². The molecule has 3 rings (SSSR count). The lowest BCUT2D eigenvalue weighted by atomic mass is 9.93. The molecule has 0 saturated carbocycles. The Morgan fingerprint density at radius 2 is 2.00 bits per heavy atom. The van der Waals surface area contributed by atoms with Crippen LogP contribution in [-0.2, 0) is 9.53 Å². The van der Waals surface area contributed by atoms with Gasteiger partial charge in [0.05, 0.1) is 0 Å². The molecule has 1 aromatic rings. The number of benzene rings is 1. The summed E-state index contributed by atoms with van der Waals surface area (Å²) >= 11 is 0. The van der Waals surface area contributed by atoms with Crippen LogP contribution in [0.1, 0.15) is 30.9 Å². The van der Waals surface area contributed by atoms with E-state index in [2.05, 4.69) is 12.1 Å². The minimum Gasteiger partial charge on any atom is -0.485 e. The van der Waals surface area contributed by atoms with Gasteiger partial charge in [0.25, 0.3) is 0 Å². The van der Waals surface area contributed by atoms with Gasteiger partial charge < -0.3 is 4.74 Å². The number of carbonyl (C=O) groups excluding carboxylic acids is 1. The fourth-order valence-electron chi connectivity index (χ4n) is 2.36. The van der Waals surface area contributed by atoms with Gasteiger partial charge in [-0.3, -0.25) is 4.79 Å². The van der Waals surface area contributed by atoms with Crippen molar-refractivity contribution in [1.29, 1.82) is 0 Å². The smallest absolute Gasteiger partial charge is 0.163 e. The molecule has 17 heavy (non-hydrogen) atoms. The highest BCUT2D eigenvalue weighted by Crippen LogP contribution is 2.37. The second kappa shape index (κ2) is 4.21. The molecule has 2 aliphatic rings. The van der Waals surface area contributed by atoms with Crippen molar-refractivity contribution in [3.63, 3.8) is 0 Å². The predicted molar refractivity (Wildman–Crippen MR) is 65.3 cm³/mol. The Hall–Kier alpha value is -1.83. The standard InChI is InChI=1S/C15H14O2/c16-13-8-6-12-7-9-14(17-15(12)10-13)11-4-2-1-3-5-11/h1-6,10,14H,7-9H2. The summed E-state index contributed by atoms with van der Waals surface area (Å²) in [7, 11) is 0. The molecule has 0 aromatic heterocycles. The first-order valence-corrected chi connectivity index (χ1v) is 5.98. The molecule has 0 spiro atoms. The third-order valence-electron chi connectivity index (χ3n) is 3.27. The van der Waals surface area contributed by atoms with Gasteiger partial charge in [0, 0.05) is 12.5 Å². The topological polar surface area (TPSA) is 26.3 Å². The lowest BCUT2D eigenvalue weighted by Gasteiger charge is -2.29. The highest BCUT2D eigenvalue weighted by molar-refractivity contribution is 5.93. The van der Waals surface area contributed by atoms with Crippen LogP contribution in [0.3, 0.4) is 0 Å². The summed E-state index contributed by atoms with van der Waals surface area (Å²) in [6, 6.07) is 10.2. The van der Waals surface area contributed by atoms with Crippen LogP contribution in [0.5, 0.6) is 0 Å². The molecule has 1 unspecified atom stereocenters. The molecular formula is C15H14O2. The number of carbonyl (C=O) groups is 1. The molecule has 1 heterocycles. The average molecular weight is 226 g/mol. The molecule has 0 amide bonds. The largest absolute Gasteiger partial charge is 0.485 e. The molecule has 2 heteroatoms. The Kier molecular flexibility index (Phi) is 2.56. The van der Waals surface area contributed by atoms with Crippen molar-refractivity contribution in [3.8, 4) is 0 Å². The minimum absolute atomic E-state index is 0.0884. The molecule has 0 bridgehead atoms. The molecule has 2 nitrogen and oxygen atoms in total. The van der Waals surface area contributed by atoms with E-state index in [1.807, 2.05) is 24.3 Å². The van der Waals surface area contributed by atoms with Gasteiger partial charge in [-0.1, -0.05) is 36.4 Å². The van der Waals surface area contributed by atoms with Gasteiger partial charge in [0.15, 0.2) is 5.78 Å². The van der Waals surface area contributed by atoms with E-state index in [-0.39, 0.29) is 11.9 Å². The van der Waals surface area contributed by atoms with Crippen LogP contribution in [0.4, 0.5) is 0 Å². The van der Waals surface area contributed by atoms with Gasteiger partial charge in [0.2, 0.25) is 0 Å². The first-order chi connectivity index (χ1) is 8.33. The van der Waals surface area contributed by atoms with Gasteiger partial charge >= 0.3 is 0 Å². The fraction of sp³-hybridized carbons (Fsp3) is 0.267. The normalized spacial score (nSPS) is 23.3. The van der Waals surface area contributed by atoms with Crippen molar-refractivity contribution in [2.24, 2.45) is 0 Å². The minimum atomic E-state index is 0.0884. The maximum absolute atomic E-state index is 11.4. The van der Waals surface area contributed by atoms with E-state index in [1.54, 1.807) is 6.08 Å². The zero-order valence-corrected chi connectivity index (χ0v) is 9.56. The van der Waals surface area contributed by atoms with Crippen molar-refractivity contribution in [3.05, 3.63) is 59.4 Å². The fourth-order valence-corrected chi connectivity index (χ4v) is 2.36. The highest BCUT2D eigenvalue weighted by Gasteiger charge is 2.25. The number of ether oxygens (including phenoxy) is 1. The highest BCUT2D eigenvalue weighted by atomic mass is 16.5. The van der Waals surface area contributed by atoms with Gasteiger partial charge in [-0.25, -0.2) is 0 Å². The van der Waals surface area contributed by atoms with Crippen LogP contribution >= 0.6 is 0 Å². The zero-order valence-electron chi connectivity index (χ0n) is 9.56. The van der Waals surface area contributed by atoms with Crippen LogP contribution in [0.15, 0.2) is 53.8 Å². The van der Waals surface area contributed by atoms with E-state index in [4.69, 9.17) is 4.74 Å². The van der Waals surface area contributed by atoms with Crippen molar-refractivity contribution < 1.29 is 9.53 Å². The van der Waals surface area contributed by atoms with E-state index in [9.17, 15) is 4.79 Å². The first kappa shape index (κ1) is 10.3. The van der Waals surface area contributed by atoms with E-state index >= 15 is 0 Å². The first-order valence-electron chi connectivity index (χ1n) is 5.98. The summed E-state index contributed by atoms with van der Waals surface area (Å²) < 4.78 is 5.92. The molecule has 1 saturated heterocycles. The molecular weight excluding hydrogens is 212 g/mol. The van der Waals surface area contributed by atoms with Gasteiger partial charge in [0.1, 0.15) is 11.9 Å². The third-order valence-corrected chi connectivity index (χ3v) is 3.27. The van der Waals surface area contributed by atoms with Crippen molar-refractivity contribution in [2.45, 2.75) is 25.4 Å². The summed E-state index contributed by atoms with van der Waals surface area (Å²) in [4.78, 5) is 11.4. The van der Waals surface area contributed by atoms with Crippen LogP contribution < -0.4 is 0 Å². The molecule has 1 atom stereocenters. The molecule has 86 valence electrons. The van der Waals surface area contributed by atoms with E-state index in [1.165, 1.54) is 11.1 Å². The molecule has 0 N–H and O–H groups in total. The Morgan fingerprint density at radius 3 is 2.82 bits per heavy atom. The Balaban J connectivity index is 1.84. The summed E-state index contributed by atoms with van der Waals surface area (Å²) in [5, 5.41) is 0. The number of ketones is 1. The maximum Gasteiger partial charge on any atom is 0.163 e. The van der Waals surface area contributed by atoms with E-state index in [0.29, 0.717) is 6.42 Å². The second-order valence-electron chi connectivity index (χ2n) is 4.46. The molecule has 1 fully saturated rings. The summed E-state index contributed by atoms with van der Waals surface area (Å²) in [5.41, 5.74) is 2.38. The number of rotatable bonds is 1. The lowest BCUT2D eigenvalue weighted by Crippen LogP contribution is -2.16. The number of hydrogen-bond acceptors (Lipinski definition) is 2. The van der Waals surface area contributed by atoms with Gasteiger partial charge in [-0.05, 0) is 24.0 Å². The van der Waals surface area contributed by atoms with Crippen molar-refractivity contribution in [1.82, 2.24) is 0 Å². The summed E-state index contributed by atoms with van der Waals surface area (Å²) in [5.74, 6) is 0.916. The maximum atomic E-state index is 11.4. The zero-order chi connectivity index (χ0) is 11.7. The predicted octanol–water partition coefficient (Wildman–Crippen LogP) is 3.32.